The van der Waals surface area contributed by atoms with Gasteiger partial charge in [0, 0.05) is 30.6 Å². The molecular formula is C16H12F3N3O. The molecule has 0 aliphatic heterocycles. The van der Waals surface area contributed by atoms with Gasteiger partial charge in [0.15, 0.2) is 0 Å². The van der Waals surface area contributed by atoms with Crippen LogP contribution in [0.1, 0.15) is 16.8 Å². The summed E-state index contributed by atoms with van der Waals surface area (Å²) < 4.78 is 38.9. The van der Waals surface area contributed by atoms with E-state index in [4.69, 9.17) is 0 Å². The van der Waals surface area contributed by atoms with Gasteiger partial charge < -0.3 is 0 Å². The number of hydrogen-bond donors (Lipinski definition) is 1. The third-order valence-corrected chi connectivity index (χ3v) is 3.34. The zero-order valence-corrected chi connectivity index (χ0v) is 11.8. The molecule has 0 saturated carbocycles. The van der Waals surface area contributed by atoms with Crippen LogP contribution in [0.4, 0.5) is 13.2 Å². The molecule has 0 saturated heterocycles. The van der Waals surface area contributed by atoms with Crippen LogP contribution < -0.4 is 5.56 Å². The first-order chi connectivity index (χ1) is 10.9. The minimum absolute atomic E-state index is 0.330. The molecule has 0 fully saturated rings. The summed E-state index contributed by atoms with van der Waals surface area (Å²) in [5.74, 6) is 0. The first-order valence-electron chi connectivity index (χ1n) is 6.81. The molecule has 3 rings (SSSR count). The third-order valence-electron chi connectivity index (χ3n) is 3.34. The largest absolute Gasteiger partial charge is 0.416 e. The quantitative estimate of drug-likeness (QED) is 0.806. The van der Waals surface area contributed by atoms with Gasteiger partial charge in [0.1, 0.15) is 0 Å². The fourth-order valence-electron chi connectivity index (χ4n) is 2.25. The van der Waals surface area contributed by atoms with E-state index in [0.29, 0.717) is 17.8 Å². The molecule has 1 aromatic carbocycles. The van der Waals surface area contributed by atoms with E-state index in [2.05, 4.69) is 10.1 Å². The van der Waals surface area contributed by atoms with Crippen molar-refractivity contribution in [2.24, 2.45) is 0 Å². The molecule has 0 spiro atoms. The molecule has 4 nitrogen and oxygen atoms in total. The highest BCUT2D eigenvalue weighted by Gasteiger charge is 2.30. The summed E-state index contributed by atoms with van der Waals surface area (Å²) >= 11 is 0. The van der Waals surface area contributed by atoms with E-state index in [9.17, 15) is 18.0 Å². The minimum Gasteiger partial charge on any atom is -0.295 e. The summed E-state index contributed by atoms with van der Waals surface area (Å²) in [6.45, 7) is 0. The molecule has 3 aromatic rings. The molecule has 23 heavy (non-hydrogen) atoms. The van der Waals surface area contributed by atoms with E-state index >= 15 is 0 Å². The summed E-state index contributed by atoms with van der Waals surface area (Å²) in [5.41, 5.74) is 0.844. The van der Waals surface area contributed by atoms with Gasteiger partial charge in [-0.3, -0.25) is 14.9 Å². The Kier molecular flexibility index (Phi) is 3.77. The van der Waals surface area contributed by atoms with Crippen LogP contribution in [0.15, 0.2) is 59.7 Å². The fourth-order valence-corrected chi connectivity index (χ4v) is 2.25. The second-order valence-corrected chi connectivity index (χ2v) is 5.04. The zero-order valence-electron chi connectivity index (χ0n) is 11.8. The van der Waals surface area contributed by atoms with Gasteiger partial charge in [-0.25, -0.2) is 4.68 Å². The van der Waals surface area contributed by atoms with Crippen LogP contribution in [-0.2, 0) is 12.6 Å². The van der Waals surface area contributed by atoms with Gasteiger partial charge in [-0.1, -0.05) is 6.07 Å². The van der Waals surface area contributed by atoms with Crippen LogP contribution in [-0.4, -0.2) is 14.8 Å². The molecule has 1 N–H and O–H groups in total. The predicted octanol–water partition coefficient (Wildman–Crippen LogP) is 3.17. The van der Waals surface area contributed by atoms with Gasteiger partial charge in [0.05, 0.1) is 11.3 Å². The molecule has 2 heterocycles. The molecule has 0 amide bonds. The van der Waals surface area contributed by atoms with Crippen LogP contribution in [0, 0.1) is 0 Å². The number of halogens is 3. The van der Waals surface area contributed by atoms with Crippen molar-refractivity contribution in [3.05, 3.63) is 82.0 Å². The monoisotopic (exact) mass is 319 g/mol. The highest BCUT2D eigenvalue weighted by molar-refractivity contribution is 5.35. The maximum atomic E-state index is 12.6. The third kappa shape index (κ3) is 3.33. The van der Waals surface area contributed by atoms with Crippen LogP contribution in [0.2, 0.25) is 0 Å². The van der Waals surface area contributed by atoms with Crippen molar-refractivity contribution in [2.75, 3.05) is 0 Å². The van der Waals surface area contributed by atoms with Crippen molar-refractivity contribution in [3.8, 4) is 5.69 Å². The van der Waals surface area contributed by atoms with Gasteiger partial charge in [0.2, 0.25) is 0 Å². The van der Waals surface area contributed by atoms with E-state index in [-0.39, 0.29) is 5.56 Å². The van der Waals surface area contributed by atoms with E-state index < -0.39 is 11.7 Å². The van der Waals surface area contributed by atoms with E-state index in [1.54, 1.807) is 18.5 Å². The molecule has 0 radical (unpaired) electrons. The van der Waals surface area contributed by atoms with Crippen molar-refractivity contribution in [1.29, 1.82) is 0 Å². The number of nitrogens with zero attached hydrogens (tertiary/aromatic N) is 2. The SMILES string of the molecule is O=c1cc(Cc2cccnc2)[nH]n1-c1ccc(C(F)(F)F)cc1. The number of pyridine rings is 1. The Hall–Kier alpha value is -2.83. The van der Waals surface area contributed by atoms with Crippen molar-refractivity contribution < 1.29 is 13.2 Å². The number of H-pyrrole nitrogens is 1. The lowest BCUT2D eigenvalue weighted by Gasteiger charge is -2.07. The number of aromatic amines is 1. The van der Waals surface area contributed by atoms with E-state index in [0.717, 1.165) is 17.7 Å². The average molecular weight is 319 g/mol. The smallest absolute Gasteiger partial charge is 0.295 e. The van der Waals surface area contributed by atoms with Crippen molar-refractivity contribution in [1.82, 2.24) is 14.8 Å². The standard InChI is InChI=1S/C16H12F3N3O/c17-16(18,19)12-3-5-14(6-4-12)22-15(23)9-13(21-22)8-11-2-1-7-20-10-11/h1-7,9-10,21H,8H2. The summed E-state index contributed by atoms with van der Waals surface area (Å²) in [4.78, 5) is 16.0. The van der Waals surface area contributed by atoms with Crippen molar-refractivity contribution in [3.63, 3.8) is 0 Å². The predicted molar refractivity (Wildman–Crippen MR) is 78.4 cm³/mol. The Bertz CT molecular complexity index is 849. The van der Waals surface area contributed by atoms with Gasteiger partial charge in [-0.2, -0.15) is 13.2 Å². The Morgan fingerprint density at radius 3 is 2.48 bits per heavy atom. The number of aromatic nitrogens is 3. The van der Waals surface area contributed by atoms with Gasteiger partial charge in [0.25, 0.3) is 5.56 Å². The van der Waals surface area contributed by atoms with Crippen LogP contribution >= 0.6 is 0 Å². The normalized spacial score (nSPS) is 11.6. The molecule has 0 unspecified atom stereocenters. The lowest BCUT2D eigenvalue weighted by atomic mass is 10.2. The second-order valence-electron chi connectivity index (χ2n) is 5.04. The van der Waals surface area contributed by atoms with E-state index in [1.807, 2.05) is 6.07 Å². The number of rotatable bonds is 3. The number of hydrogen-bond acceptors (Lipinski definition) is 2. The first kappa shape index (κ1) is 15.1. The second kappa shape index (κ2) is 5.75. The lowest BCUT2D eigenvalue weighted by molar-refractivity contribution is -0.137. The Labute approximate surface area is 129 Å². The topological polar surface area (TPSA) is 50.7 Å². The Balaban J connectivity index is 1.88. The number of nitrogens with one attached hydrogen (secondary N) is 1. The lowest BCUT2D eigenvalue weighted by Crippen LogP contribution is -2.14. The zero-order chi connectivity index (χ0) is 16.4. The average Bonchev–Trinajstić information content (AvgIpc) is 2.88. The van der Waals surface area contributed by atoms with Gasteiger partial charge >= 0.3 is 6.18 Å². The Morgan fingerprint density at radius 2 is 1.87 bits per heavy atom. The first-order valence-corrected chi connectivity index (χ1v) is 6.81. The highest BCUT2D eigenvalue weighted by atomic mass is 19.4. The molecule has 118 valence electrons. The van der Waals surface area contributed by atoms with Gasteiger partial charge in [-0.15, -0.1) is 0 Å². The fraction of sp³-hybridized carbons (Fsp3) is 0.125. The summed E-state index contributed by atoms with van der Waals surface area (Å²) in [5, 5.41) is 2.90. The molecule has 0 aliphatic rings. The molecular weight excluding hydrogens is 307 g/mol. The molecule has 0 aliphatic carbocycles. The molecule has 2 aromatic heterocycles. The molecule has 0 bridgehead atoms. The maximum absolute atomic E-state index is 12.6. The number of alkyl halides is 3. The minimum atomic E-state index is -4.40. The summed E-state index contributed by atoms with van der Waals surface area (Å²) in [6, 6.07) is 9.50. The van der Waals surface area contributed by atoms with Crippen molar-refractivity contribution in [2.45, 2.75) is 12.6 Å². The molecule has 7 heteroatoms. The van der Waals surface area contributed by atoms with E-state index in [1.165, 1.54) is 22.9 Å². The summed E-state index contributed by atoms with van der Waals surface area (Å²) in [7, 11) is 0. The van der Waals surface area contributed by atoms with Crippen LogP contribution in [0.25, 0.3) is 5.69 Å². The molecule has 0 atom stereocenters. The summed E-state index contributed by atoms with van der Waals surface area (Å²) in [6.07, 6.45) is -0.575. The van der Waals surface area contributed by atoms with Crippen LogP contribution in [0.3, 0.4) is 0 Å². The van der Waals surface area contributed by atoms with Crippen LogP contribution in [0.5, 0.6) is 0 Å². The maximum Gasteiger partial charge on any atom is 0.416 e. The van der Waals surface area contributed by atoms with Gasteiger partial charge in [-0.05, 0) is 35.9 Å². The highest BCUT2D eigenvalue weighted by Crippen LogP contribution is 2.29. The Morgan fingerprint density at radius 1 is 1.13 bits per heavy atom. The van der Waals surface area contributed by atoms with Crippen molar-refractivity contribution >= 4 is 0 Å². The number of benzene rings is 1.